The molecule has 1 atom stereocenters. The first kappa shape index (κ1) is 21.0. The monoisotopic (exact) mass is 463 g/mol. The van der Waals surface area contributed by atoms with Crippen LogP contribution in [0, 0.1) is 13.8 Å². The first-order valence-corrected chi connectivity index (χ1v) is 11.4. The van der Waals surface area contributed by atoms with E-state index in [-0.39, 0.29) is 11.8 Å². The van der Waals surface area contributed by atoms with Crippen molar-refractivity contribution in [1.29, 1.82) is 0 Å². The van der Waals surface area contributed by atoms with E-state index in [1.54, 1.807) is 0 Å². The number of carbonyl (C=O) groups is 1. The summed E-state index contributed by atoms with van der Waals surface area (Å²) in [6.07, 6.45) is 0.423. The van der Waals surface area contributed by atoms with Gasteiger partial charge in [-0.15, -0.1) is 0 Å². The topological polar surface area (TPSA) is 38.1 Å². The summed E-state index contributed by atoms with van der Waals surface area (Å²) in [6.45, 7) is 5.21. The summed E-state index contributed by atoms with van der Waals surface area (Å²) in [5.41, 5.74) is 6.02. The Kier molecular flexibility index (Phi) is 5.44. The number of anilines is 1. The predicted octanol–water partition coefficient (Wildman–Crippen LogP) is 6.53. The van der Waals surface area contributed by atoms with Gasteiger partial charge in [0.25, 0.3) is 0 Å². The van der Waals surface area contributed by atoms with Gasteiger partial charge in [0.15, 0.2) is 0 Å². The molecule has 6 heteroatoms. The maximum atomic E-state index is 13.0. The van der Waals surface area contributed by atoms with Crippen LogP contribution in [0.25, 0.3) is 11.0 Å². The first-order valence-electron chi connectivity index (χ1n) is 10.7. The number of hydrogen-bond donors (Lipinski definition) is 0. The Morgan fingerprint density at radius 3 is 2.38 bits per heavy atom. The minimum Gasteiger partial charge on any atom is -0.323 e. The van der Waals surface area contributed by atoms with E-state index in [1.165, 1.54) is 0 Å². The van der Waals surface area contributed by atoms with Gasteiger partial charge in [-0.1, -0.05) is 47.5 Å². The molecule has 0 radical (unpaired) electrons. The number of halogens is 2. The quantitative estimate of drug-likeness (QED) is 0.345. The highest BCUT2D eigenvalue weighted by molar-refractivity contribution is 6.36. The predicted molar refractivity (Wildman–Crippen MR) is 131 cm³/mol. The van der Waals surface area contributed by atoms with Crippen LogP contribution in [-0.4, -0.2) is 22.0 Å². The van der Waals surface area contributed by atoms with Crippen LogP contribution in [-0.2, 0) is 11.3 Å². The largest absolute Gasteiger partial charge is 0.323 e. The third-order valence-corrected chi connectivity index (χ3v) is 6.78. The number of fused-ring (bicyclic) bond motifs is 1. The molecule has 0 aliphatic carbocycles. The molecule has 1 amide bonds. The molecule has 1 fully saturated rings. The number of para-hydroxylation sites is 2. The molecule has 1 aromatic heterocycles. The minimum absolute atomic E-state index is 0.0167. The van der Waals surface area contributed by atoms with Gasteiger partial charge in [-0.05, 0) is 61.4 Å². The first-order chi connectivity index (χ1) is 15.4. The van der Waals surface area contributed by atoms with Crippen molar-refractivity contribution in [3.63, 3.8) is 0 Å². The van der Waals surface area contributed by atoms with Crippen LogP contribution in [0.15, 0.2) is 60.7 Å². The summed E-state index contributed by atoms with van der Waals surface area (Å²) < 4.78 is 2.16. The van der Waals surface area contributed by atoms with Crippen LogP contribution in [0.3, 0.4) is 0 Å². The average molecular weight is 464 g/mol. The third kappa shape index (κ3) is 3.78. The summed E-state index contributed by atoms with van der Waals surface area (Å²) in [5, 5.41) is 1.25. The van der Waals surface area contributed by atoms with Crippen LogP contribution < -0.4 is 4.90 Å². The molecule has 0 bridgehead atoms. The second kappa shape index (κ2) is 8.27. The lowest BCUT2D eigenvalue weighted by molar-refractivity contribution is -0.117. The zero-order valence-corrected chi connectivity index (χ0v) is 19.5. The zero-order chi connectivity index (χ0) is 22.4. The number of benzene rings is 3. The molecular weight excluding hydrogens is 441 g/mol. The van der Waals surface area contributed by atoms with Gasteiger partial charge in [-0.25, -0.2) is 4.98 Å². The second-order valence-corrected chi connectivity index (χ2v) is 9.31. The van der Waals surface area contributed by atoms with E-state index in [4.69, 9.17) is 28.2 Å². The number of imidazole rings is 1. The fourth-order valence-electron chi connectivity index (χ4n) is 4.65. The highest BCUT2D eigenvalue weighted by atomic mass is 35.5. The summed E-state index contributed by atoms with van der Waals surface area (Å²) in [6, 6.07) is 19.8. The molecule has 0 saturated carbocycles. The average Bonchev–Trinajstić information content (AvgIpc) is 3.30. The maximum Gasteiger partial charge on any atom is 0.227 e. The van der Waals surface area contributed by atoms with Crippen molar-refractivity contribution in [3.8, 4) is 0 Å². The summed E-state index contributed by atoms with van der Waals surface area (Å²) in [4.78, 5) is 19.9. The van der Waals surface area contributed by atoms with Gasteiger partial charge in [-0.3, -0.25) is 4.79 Å². The summed E-state index contributed by atoms with van der Waals surface area (Å²) in [7, 11) is 0. The molecule has 1 unspecified atom stereocenters. The Balaban J connectivity index is 1.56. The lowest BCUT2D eigenvalue weighted by atomic mass is 10.1. The zero-order valence-electron chi connectivity index (χ0n) is 18.0. The maximum absolute atomic E-state index is 13.0. The van der Waals surface area contributed by atoms with Crippen molar-refractivity contribution in [2.24, 2.45) is 0 Å². The normalized spacial score (nSPS) is 16.3. The van der Waals surface area contributed by atoms with Gasteiger partial charge in [0.05, 0.1) is 17.6 Å². The van der Waals surface area contributed by atoms with Gasteiger partial charge in [0.2, 0.25) is 5.91 Å². The SMILES string of the molecule is Cc1cc(C)cc(N2CC(c3nc4ccccc4n3Cc3c(Cl)cccc3Cl)CC2=O)c1. The van der Waals surface area contributed by atoms with Crippen LogP contribution in [0.1, 0.15) is 34.9 Å². The summed E-state index contributed by atoms with van der Waals surface area (Å²) >= 11 is 13.0. The van der Waals surface area contributed by atoms with Crippen LogP contribution in [0.5, 0.6) is 0 Å². The van der Waals surface area contributed by atoms with E-state index in [9.17, 15) is 4.79 Å². The Morgan fingerprint density at radius 1 is 0.969 bits per heavy atom. The third-order valence-electron chi connectivity index (χ3n) is 6.07. The van der Waals surface area contributed by atoms with Crippen molar-refractivity contribution in [2.75, 3.05) is 11.4 Å². The van der Waals surface area contributed by atoms with E-state index < -0.39 is 0 Å². The number of nitrogens with zero attached hydrogens (tertiary/aromatic N) is 3. The van der Waals surface area contributed by atoms with Crippen molar-refractivity contribution in [3.05, 3.63) is 93.2 Å². The number of carbonyl (C=O) groups excluding carboxylic acids is 1. The molecule has 2 heterocycles. The molecule has 1 aliphatic rings. The number of hydrogen-bond acceptors (Lipinski definition) is 2. The molecule has 5 rings (SSSR count). The number of aromatic nitrogens is 2. The highest BCUT2D eigenvalue weighted by Gasteiger charge is 2.35. The molecule has 4 aromatic rings. The molecule has 4 nitrogen and oxygen atoms in total. The second-order valence-electron chi connectivity index (χ2n) is 8.50. The minimum atomic E-state index is -0.0167. The molecular formula is C26H23Cl2N3O. The van der Waals surface area contributed by atoms with E-state index in [0.29, 0.717) is 29.6 Å². The fraction of sp³-hybridized carbons (Fsp3) is 0.231. The fourth-order valence-corrected chi connectivity index (χ4v) is 5.17. The standard InChI is InChI=1S/C26H23Cl2N3O/c1-16-10-17(2)12-19(11-16)30-14-18(13-25(30)32)26-29-23-8-3-4-9-24(23)31(26)15-20-21(27)6-5-7-22(20)28/h3-12,18H,13-15H2,1-2H3. The smallest absolute Gasteiger partial charge is 0.227 e. The molecule has 1 saturated heterocycles. The molecule has 162 valence electrons. The van der Waals surface area contributed by atoms with Gasteiger partial charge in [0.1, 0.15) is 5.82 Å². The number of rotatable bonds is 4. The van der Waals surface area contributed by atoms with Crippen molar-refractivity contribution >= 4 is 45.8 Å². The van der Waals surface area contributed by atoms with Crippen molar-refractivity contribution in [1.82, 2.24) is 9.55 Å². The van der Waals surface area contributed by atoms with Gasteiger partial charge >= 0.3 is 0 Å². The van der Waals surface area contributed by atoms with Gasteiger partial charge in [-0.2, -0.15) is 0 Å². The van der Waals surface area contributed by atoms with E-state index in [1.807, 2.05) is 41.3 Å². The number of amides is 1. The lowest BCUT2D eigenvalue weighted by Gasteiger charge is -2.19. The van der Waals surface area contributed by atoms with E-state index in [0.717, 1.165) is 39.2 Å². The van der Waals surface area contributed by atoms with Crippen molar-refractivity contribution < 1.29 is 4.79 Å². The molecule has 1 aliphatic heterocycles. The highest BCUT2D eigenvalue weighted by Crippen LogP contribution is 2.35. The molecule has 32 heavy (non-hydrogen) atoms. The van der Waals surface area contributed by atoms with Crippen LogP contribution in [0.2, 0.25) is 10.0 Å². The number of aryl methyl sites for hydroxylation is 2. The molecule has 0 N–H and O–H groups in total. The molecule has 0 spiro atoms. The van der Waals surface area contributed by atoms with E-state index in [2.05, 4.69) is 42.7 Å². The summed E-state index contributed by atoms with van der Waals surface area (Å²) in [5.74, 6) is 0.994. The molecule has 3 aromatic carbocycles. The van der Waals surface area contributed by atoms with Gasteiger partial charge in [0, 0.05) is 40.2 Å². The Morgan fingerprint density at radius 2 is 1.66 bits per heavy atom. The Bertz CT molecular complexity index is 1300. The van der Waals surface area contributed by atoms with E-state index >= 15 is 0 Å². The van der Waals surface area contributed by atoms with Gasteiger partial charge < -0.3 is 9.47 Å². The lowest BCUT2D eigenvalue weighted by Crippen LogP contribution is -2.24. The Hall–Kier alpha value is -2.82. The Labute approximate surface area is 197 Å². The van der Waals surface area contributed by atoms with Crippen molar-refractivity contribution in [2.45, 2.75) is 32.7 Å². The van der Waals surface area contributed by atoms with Crippen LogP contribution in [0.4, 0.5) is 5.69 Å². The van der Waals surface area contributed by atoms with Crippen LogP contribution >= 0.6 is 23.2 Å².